The van der Waals surface area contributed by atoms with Gasteiger partial charge in [0.1, 0.15) is 0 Å². The maximum absolute atomic E-state index is 12.3. The first kappa shape index (κ1) is 21.9. The second kappa shape index (κ2) is 9.88. The molecule has 0 heterocycles. The van der Waals surface area contributed by atoms with Gasteiger partial charge in [-0.15, -0.1) is 0 Å². The van der Waals surface area contributed by atoms with E-state index in [0.29, 0.717) is 32.1 Å². The van der Waals surface area contributed by atoms with Crippen LogP contribution in [-0.4, -0.2) is 48.6 Å². The molecule has 0 amide bonds. The third-order valence-corrected chi connectivity index (χ3v) is 4.22. The molecule has 6 heteroatoms. The second-order valence-corrected chi connectivity index (χ2v) is 6.93. The van der Waals surface area contributed by atoms with Gasteiger partial charge in [0, 0.05) is 0 Å². The van der Waals surface area contributed by atoms with Crippen LogP contribution in [0, 0.1) is 10.8 Å². The number of rotatable bonds is 11. The van der Waals surface area contributed by atoms with Crippen molar-refractivity contribution in [2.24, 2.45) is 10.8 Å². The molecule has 0 aromatic rings. The maximum atomic E-state index is 12.3. The van der Waals surface area contributed by atoms with Crippen molar-refractivity contribution in [3.63, 3.8) is 0 Å². The van der Waals surface area contributed by atoms with Gasteiger partial charge in [-0.05, 0) is 52.9 Å². The van der Waals surface area contributed by atoms with Crippen LogP contribution in [-0.2, 0) is 19.1 Å². The number of aliphatic hydroxyl groups excluding tert-OH is 2. The highest BCUT2D eigenvalue weighted by Gasteiger charge is 2.42. The molecule has 0 saturated heterocycles. The van der Waals surface area contributed by atoms with E-state index in [4.69, 9.17) is 14.6 Å². The van der Waals surface area contributed by atoms with Crippen LogP contribution in [0.5, 0.6) is 0 Å². The standard InChI is InChI=1S/C17H32O6/c1-6-17(4,15(21)22-5)12-16(2,3)14(20)23-10-8-7-9-13(19)11-18/h13,18-19H,6-12H2,1-5H3. The SMILES string of the molecule is CCC(C)(CC(C)(C)C(=O)OCCCCC(O)CO)C(=O)OC. The highest BCUT2D eigenvalue weighted by atomic mass is 16.5. The minimum absolute atomic E-state index is 0.254. The van der Waals surface area contributed by atoms with Crippen molar-refractivity contribution in [1.82, 2.24) is 0 Å². The lowest BCUT2D eigenvalue weighted by atomic mass is 9.72. The van der Waals surface area contributed by atoms with Gasteiger partial charge in [0.05, 0.1) is 37.3 Å². The predicted octanol–water partition coefficient (Wildman–Crippen LogP) is 2.06. The van der Waals surface area contributed by atoms with Crippen molar-refractivity contribution in [3.05, 3.63) is 0 Å². The van der Waals surface area contributed by atoms with Crippen molar-refractivity contribution >= 4 is 11.9 Å². The van der Waals surface area contributed by atoms with E-state index in [-0.39, 0.29) is 25.2 Å². The summed E-state index contributed by atoms with van der Waals surface area (Å²) in [4.78, 5) is 24.2. The first-order valence-electron chi connectivity index (χ1n) is 8.17. The number of carbonyl (C=O) groups is 2. The van der Waals surface area contributed by atoms with Crippen molar-refractivity contribution < 1.29 is 29.3 Å². The maximum Gasteiger partial charge on any atom is 0.311 e. The molecule has 0 saturated carbocycles. The Bertz CT molecular complexity index is 379. The van der Waals surface area contributed by atoms with Gasteiger partial charge in [0.2, 0.25) is 0 Å². The van der Waals surface area contributed by atoms with Gasteiger partial charge in [-0.3, -0.25) is 9.59 Å². The monoisotopic (exact) mass is 332 g/mol. The van der Waals surface area contributed by atoms with Gasteiger partial charge in [-0.1, -0.05) is 6.92 Å². The summed E-state index contributed by atoms with van der Waals surface area (Å²) in [5, 5.41) is 17.9. The van der Waals surface area contributed by atoms with Crippen molar-refractivity contribution in [2.45, 2.75) is 65.9 Å². The molecule has 2 N–H and O–H groups in total. The molecule has 0 spiro atoms. The van der Waals surface area contributed by atoms with E-state index < -0.39 is 16.9 Å². The van der Waals surface area contributed by atoms with Gasteiger partial charge in [-0.2, -0.15) is 0 Å². The van der Waals surface area contributed by atoms with Gasteiger partial charge in [0.15, 0.2) is 0 Å². The molecule has 0 aromatic heterocycles. The summed E-state index contributed by atoms with van der Waals surface area (Å²) in [6.45, 7) is 7.23. The Morgan fingerprint density at radius 1 is 1.13 bits per heavy atom. The van der Waals surface area contributed by atoms with E-state index in [0.717, 1.165) is 0 Å². The number of unbranched alkanes of at least 4 members (excludes halogenated alkanes) is 1. The zero-order chi connectivity index (χ0) is 18.1. The third kappa shape index (κ3) is 7.31. The van der Waals surface area contributed by atoms with E-state index in [1.807, 2.05) is 6.92 Å². The molecular weight excluding hydrogens is 300 g/mol. The Hall–Kier alpha value is -1.14. The van der Waals surface area contributed by atoms with E-state index in [2.05, 4.69) is 0 Å². The van der Waals surface area contributed by atoms with E-state index >= 15 is 0 Å². The number of ether oxygens (including phenoxy) is 2. The molecule has 6 nitrogen and oxygen atoms in total. The molecule has 0 bridgehead atoms. The molecule has 2 unspecified atom stereocenters. The molecule has 0 fully saturated rings. The summed E-state index contributed by atoms with van der Waals surface area (Å²) in [7, 11) is 1.35. The molecule has 0 aliphatic carbocycles. The highest BCUT2D eigenvalue weighted by molar-refractivity contribution is 5.80. The van der Waals surface area contributed by atoms with Crippen molar-refractivity contribution in [1.29, 1.82) is 0 Å². The van der Waals surface area contributed by atoms with Gasteiger partial charge < -0.3 is 19.7 Å². The minimum Gasteiger partial charge on any atom is -0.469 e. The van der Waals surface area contributed by atoms with Gasteiger partial charge in [0.25, 0.3) is 0 Å². The fourth-order valence-electron chi connectivity index (χ4n) is 2.57. The summed E-state index contributed by atoms with van der Waals surface area (Å²) < 4.78 is 10.1. The fourth-order valence-corrected chi connectivity index (χ4v) is 2.57. The second-order valence-electron chi connectivity index (χ2n) is 6.93. The average Bonchev–Trinajstić information content (AvgIpc) is 2.52. The number of hydrogen-bond donors (Lipinski definition) is 2. The first-order chi connectivity index (χ1) is 10.6. The van der Waals surface area contributed by atoms with E-state index in [9.17, 15) is 14.7 Å². The van der Waals surface area contributed by atoms with Crippen LogP contribution in [0.15, 0.2) is 0 Å². The molecule has 0 aliphatic rings. The highest BCUT2D eigenvalue weighted by Crippen LogP contribution is 2.38. The minimum atomic E-state index is -0.788. The zero-order valence-electron chi connectivity index (χ0n) is 15.1. The number of hydrogen-bond acceptors (Lipinski definition) is 6. The summed E-state index contributed by atoms with van der Waals surface area (Å²) in [6, 6.07) is 0. The van der Waals surface area contributed by atoms with Crippen LogP contribution in [0.2, 0.25) is 0 Å². The van der Waals surface area contributed by atoms with Crippen LogP contribution >= 0.6 is 0 Å². The Balaban J connectivity index is 4.41. The summed E-state index contributed by atoms with van der Waals surface area (Å²) in [5.74, 6) is -0.664. The van der Waals surface area contributed by atoms with Crippen LogP contribution in [0.25, 0.3) is 0 Å². The van der Waals surface area contributed by atoms with Crippen LogP contribution in [0.1, 0.15) is 59.8 Å². The molecule has 0 radical (unpaired) electrons. The number of carbonyl (C=O) groups excluding carboxylic acids is 2. The quantitative estimate of drug-likeness (QED) is 0.444. The number of methoxy groups -OCH3 is 1. The summed E-state index contributed by atoms with van der Waals surface area (Å²) in [5.41, 5.74) is -1.51. The Labute approximate surface area is 139 Å². The van der Waals surface area contributed by atoms with Crippen LogP contribution in [0.3, 0.4) is 0 Å². The molecule has 0 aliphatic heterocycles. The average molecular weight is 332 g/mol. The topological polar surface area (TPSA) is 93.1 Å². The van der Waals surface area contributed by atoms with Crippen molar-refractivity contribution in [3.8, 4) is 0 Å². The Morgan fingerprint density at radius 2 is 1.74 bits per heavy atom. The van der Waals surface area contributed by atoms with Gasteiger partial charge >= 0.3 is 11.9 Å². The number of esters is 2. The summed E-state index contributed by atoms with van der Waals surface area (Å²) in [6.07, 6.45) is 1.99. The molecule has 23 heavy (non-hydrogen) atoms. The Morgan fingerprint density at radius 3 is 2.22 bits per heavy atom. The zero-order valence-corrected chi connectivity index (χ0v) is 15.1. The predicted molar refractivity (Wildman–Crippen MR) is 86.7 cm³/mol. The van der Waals surface area contributed by atoms with Crippen LogP contribution in [0.4, 0.5) is 0 Å². The molecule has 2 atom stereocenters. The van der Waals surface area contributed by atoms with Crippen LogP contribution < -0.4 is 0 Å². The Kier molecular flexibility index (Phi) is 9.39. The fraction of sp³-hybridized carbons (Fsp3) is 0.882. The van der Waals surface area contributed by atoms with E-state index in [1.54, 1.807) is 20.8 Å². The molecule has 136 valence electrons. The van der Waals surface area contributed by atoms with E-state index in [1.165, 1.54) is 7.11 Å². The largest absolute Gasteiger partial charge is 0.469 e. The smallest absolute Gasteiger partial charge is 0.311 e. The molecule has 0 aromatic carbocycles. The molecular formula is C17H32O6. The number of aliphatic hydroxyl groups is 2. The molecule has 0 rings (SSSR count). The lowest BCUT2D eigenvalue weighted by Gasteiger charge is -2.33. The lowest BCUT2D eigenvalue weighted by molar-refractivity contribution is -0.161. The van der Waals surface area contributed by atoms with Gasteiger partial charge in [-0.25, -0.2) is 0 Å². The van der Waals surface area contributed by atoms with Crippen molar-refractivity contribution in [2.75, 3.05) is 20.3 Å². The first-order valence-corrected chi connectivity index (χ1v) is 8.17. The normalized spacial score (nSPS) is 15.6. The summed E-state index contributed by atoms with van der Waals surface area (Å²) >= 11 is 0. The third-order valence-electron chi connectivity index (χ3n) is 4.22. The lowest BCUT2D eigenvalue weighted by Crippen LogP contribution is -2.38.